The van der Waals surface area contributed by atoms with E-state index in [1.165, 1.54) is 0 Å². The SMILES string of the molecule is CC(C)C(C(=O)O)c1ccc2ccccc2c1. The minimum atomic E-state index is -0.754. The summed E-state index contributed by atoms with van der Waals surface area (Å²) in [6.45, 7) is 3.88. The van der Waals surface area contributed by atoms with E-state index in [0.29, 0.717) is 0 Å². The maximum absolute atomic E-state index is 11.3. The van der Waals surface area contributed by atoms with Crippen LogP contribution in [0, 0.1) is 5.92 Å². The number of carboxylic acid groups (broad SMARTS) is 1. The van der Waals surface area contributed by atoms with E-state index in [4.69, 9.17) is 0 Å². The van der Waals surface area contributed by atoms with Crippen LogP contribution in [0.3, 0.4) is 0 Å². The van der Waals surface area contributed by atoms with Gasteiger partial charge in [0.2, 0.25) is 0 Å². The lowest BCUT2D eigenvalue weighted by Gasteiger charge is -2.17. The second-order valence-corrected chi connectivity index (χ2v) is 4.67. The van der Waals surface area contributed by atoms with Crippen LogP contribution in [0.25, 0.3) is 10.8 Å². The van der Waals surface area contributed by atoms with E-state index in [9.17, 15) is 9.90 Å². The number of rotatable bonds is 3. The van der Waals surface area contributed by atoms with Crippen LogP contribution < -0.4 is 0 Å². The average molecular weight is 228 g/mol. The predicted octanol–water partition coefficient (Wildman–Crippen LogP) is 3.66. The third kappa shape index (κ3) is 2.31. The molecule has 1 N–H and O–H groups in total. The van der Waals surface area contributed by atoms with Gasteiger partial charge in [-0.25, -0.2) is 0 Å². The smallest absolute Gasteiger partial charge is 0.311 e. The summed E-state index contributed by atoms with van der Waals surface area (Å²) in [7, 11) is 0. The van der Waals surface area contributed by atoms with Crippen LogP contribution in [-0.2, 0) is 4.79 Å². The van der Waals surface area contributed by atoms with Gasteiger partial charge in [-0.2, -0.15) is 0 Å². The van der Waals surface area contributed by atoms with Gasteiger partial charge in [-0.3, -0.25) is 4.79 Å². The van der Waals surface area contributed by atoms with Gasteiger partial charge in [-0.15, -0.1) is 0 Å². The number of hydrogen-bond donors (Lipinski definition) is 1. The van der Waals surface area contributed by atoms with E-state index < -0.39 is 11.9 Å². The number of fused-ring (bicyclic) bond motifs is 1. The molecule has 0 fully saturated rings. The first-order valence-electron chi connectivity index (χ1n) is 5.81. The Morgan fingerprint density at radius 1 is 1.06 bits per heavy atom. The van der Waals surface area contributed by atoms with Crippen LogP contribution >= 0.6 is 0 Å². The number of carbonyl (C=O) groups is 1. The fourth-order valence-electron chi connectivity index (χ4n) is 2.21. The second kappa shape index (κ2) is 4.58. The van der Waals surface area contributed by atoms with Crippen molar-refractivity contribution >= 4 is 16.7 Å². The topological polar surface area (TPSA) is 37.3 Å². The van der Waals surface area contributed by atoms with E-state index >= 15 is 0 Å². The van der Waals surface area contributed by atoms with Crippen molar-refractivity contribution in [1.82, 2.24) is 0 Å². The molecule has 0 heterocycles. The van der Waals surface area contributed by atoms with Crippen LogP contribution in [-0.4, -0.2) is 11.1 Å². The van der Waals surface area contributed by atoms with E-state index in [2.05, 4.69) is 0 Å². The normalized spacial score (nSPS) is 12.9. The fourth-order valence-corrected chi connectivity index (χ4v) is 2.21. The summed E-state index contributed by atoms with van der Waals surface area (Å²) >= 11 is 0. The molecule has 1 unspecified atom stereocenters. The van der Waals surface area contributed by atoms with E-state index in [1.807, 2.05) is 56.3 Å². The molecule has 0 spiro atoms. The molecule has 0 saturated heterocycles. The number of aliphatic carboxylic acids is 1. The van der Waals surface area contributed by atoms with Gasteiger partial charge in [0.1, 0.15) is 0 Å². The van der Waals surface area contributed by atoms with Crippen LogP contribution in [0.2, 0.25) is 0 Å². The zero-order chi connectivity index (χ0) is 12.4. The van der Waals surface area contributed by atoms with Crippen LogP contribution in [0.1, 0.15) is 25.3 Å². The van der Waals surface area contributed by atoms with Crippen molar-refractivity contribution in [2.75, 3.05) is 0 Å². The van der Waals surface area contributed by atoms with Gasteiger partial charge in [0.15, 0.2) is 0 Å². The Labute approximate surface area is 101 Å². The molecule has 17 heavy (non-hydrogen) atoms. The molecule has 2 aromatic carbocycles. The van der Waals surface area contributed by atoms with Crippen molar-refractivity contribution < 1.29 is 9.90 Å². The quantitative estimate of drug-likeness (QED) is 0.870. The maximum Gasteiger partial charge on any atom is 0.311 e. The van der Waals surface area contributed by atoms with Crippen molar-refractivity contribution in [2.45, 2.75) is 19.8 Å². The molecular formula is C15H16O2. The van der Waals surface area contributed by atoms with Crippen molar-refractivity contribution in [3.63, 3.8) is 0 Å². The molecule has 0 aliphatic carbocycles. The van der Waals surface area contributed by atoms with Gasteiger partial charge < -0.3 is 5.11 Å². The Bertz CT molecular complexity index is 543. The van der Waals surface area contributed by atoms with Gasteiger partial charge >= 0.3 is 5.97 Å². The van der Waals surface area contributed by atoms with Crippen molar-refractivity contribution in [2.24, 2.45) is 5.92 Å². The lowest BCUT2D eigenvalue weighted by Crippen LogP contribution is -2.17. The molecule has 1 atom stereocenters. The molecular weight excluding hydrogens is 212 g/mol. The molecule has 0 aliphatic heterocycles. The molecule has 0 aliphatic rings. The summed E-state index contributed by atoms with van der Waals surface area (Å²) in [6, 6.07) is 13.9. The van der Waals surface area contributed by atoms with E-state index in [-0.39, 0.29) is 5.92 Å². The Morgan fingerprint density at radius 3 is 2.29 bits per heavy atom. The fraction of sp³-hybridized carbons (Fsp3) is 0.267. The first-order valence-corrected chi connectivity index (χ1v) is 5.81. The molecule has 0 amide bonds. The Hall–Kier alpha value is -1.83. The summed E-state index contributed by atoms with van der Waals surface area (Å²) < 4.78 is 0. The van der Waals surface area contributed by atoms with E-state index in [1.54, 1.807) is 0 Å². The number of benzene rings is 2. The monoisotopic (exact) mass is 228 g/mol. The van der Waals surface area contributed by atoms with Gasteiger partial charge in [0.25, 0.3) is 0 Å². The highest BCUT2D eigenvalue weighted by Crippen LogP contribution is 2.27. The summed E-state index contributed by atoms with van der Waals surface area (Å²) in [5.41, 5.74) is 0.881. The lowest BCUT2D eigenvalue weighted by atomic mass is 9.87. The number of hydrogen-bond acceptors (Lipinski definition) is 1. The van der Waals surface area contributed by atoms with Crippen molar-refractivity contribution in [3.8, 4) is 0 Å². The lowest BCUT2D eigenvalue weighted by molar-refractivity contribution is -0.139. The summed E-state index contributed by atoms with van der Waals surface area (Å²) in [5, 5.41) is 11.5. The average Bonchev–Trinajstić information content (AvgIpc) is 2.28. The molecule has 2 nitrogen and oxygen atoms in total. The van der Waals surface area contributed by atoms with Gasteiger partial charge in [0.05, 0.1) is 5.92 Å². The van der Waals surface area contributed by atoms with Crippen molar-refractivity contribution in [1.29, 1.82) is 0 Å². The highest BCUT2D eigenvalue weighted by molar-refractivity contribution is 5.85. The highest BCUT2D eigenvalue weighted by atomic mass is 16.4. The number of carboxylic acids is 1. The Morgan fingerprint density at radius 2 is 1.71 bits per heavy atom. The molecule has 88 valence electrons. The first-order chi connectivity index (χ1) is 8.09. The molecule has 0 bridgehead atoms. The minimum Gasteiger partial charge on any atom is -0.481 e. The minimum absolute atomic E-state index is 0.0914. The molecule has 2 rings (SSSR count). The molecule has 2 aromatic rings. The predicted molar refractivity (Wildman–Crippen MR) is 69.2 cm³/mol. The van der Waals surface area contributed by atoms with Gasteiger partial charge in [-0.05, 0) is 22.3 Å². The van der Waals surface area contributed by atoms with Crippen LogP contribution in [0.4, 0.5) is 0 Å². The van der Waals surface area contributed by atoms with Crippen LogP contribution in [0.15, 0.2) is 42.5 Å². The Kier molecular flexibility index (Phi) is 3.14. The third-order valence-electron chi connectivity index (χ3n) is 3.07. The molecule has 0 saturated carbocycles. The zero-order valence-corrected chi connectivity index (χ0v) is 10.1. The standard InChI is InChI=1S/C15H16O2/c1-10(2)14(15(16)17)13-8-7-11-5-3-4-6-12(11)9-13/h3-10,14H,1-2H3,(H,16,17). The zero-order valence-electron chi connectivity index (χ0n) is 10.1. The highest BCUT2D eigenvalue weighted by Gasteiger charge is 2.23. The van der Waals surface area contributed by atoms with E-state index in [0.717, 1.165) is 16.3 Å². The summed E-state index contributed by atoms with van der Waals surface area (Å²) in [6.07, 6.45) is 0. The Balaban J connectivity index is 2.51. The summed E-state index contributed by atoms with van der Waals surface area (Å²) in [5.74, 6) is -1.09. The first kappa shape index (κ1) is 11.6. The summed E-state index contributed by atoms with van der Waals surface area (Å²) in [4.78, 5) is 11.3. The molecule has 2 heteroatoms. The van der Waals surface area contributed by atoms with Crippen molar-refractivity contribution in [3.05, 3.63) is 48.0 Å². The van der Waals surface area contributed by atoms with Gasteiger partial charge in [0, 0.05) is 0 Å². The molecule has 0 radical (unpaired) electrons. The van der Waals surface area contributed by atoms with Crippen LogP contribution in [0.5, 0.6) is 0 Å². The maximum atomic E-state index is 11.3. The largest absolute Gasteiger partial charge is 0.481 e. The van der Waals surface area contributed by atoms with Gasteiger partial charge in [-0.1, -0.05) is 56.3 Å². The molecule has 0 aromatic heterocycles. The second-order valence-electron chi connectivity index (χ2n) is 4.67. The third-order valence-corrected chi connectivity index (χ3v) is 3.07.